The molecule has 0 aliphatic rings. The van der Waals surface area contributed by atoms with E-state index in [-0.39, 0.29) is 24.3 Å². The van der Waals surface area contributed by atoms with E-state index >= 15 is 0 Å². The van der Waals surface area contributed by atoms with E-state index in [1.165, 1.54) is 0 Å². The Morgan fingerprint density at radius 3 is 2.67 bits per heavy atom. The van der Waals surface area contributed by atoms with E-state index in [1.807, 2.05) is 44.3 Å². The van der Waals surface area contributed by atoms with Crippen LogP contribution in [0.4, 0.5) is 0 Å². The average Bonchev–Trinajstić information content (AvgIpc) is 3.19. The Bertz CT molecular complexity index is 1090. The number of halogens is 1. The van der Waals surface area contributed by atoms with E-state index in [0.29, 0.717) is 25.9 Å². The maximum Gasteiger partial charge on any atom is 0.239 e. The lowest BCUT2D eigenvalue weighted by atomic mass is 9.97. The molecule has 0 bridgehead atoms. The zero-order valence-corrected chi connectivity index (χ0v) is 20.5. The number of carbonyl (C=O) groups is 2. The highest BCUT2D eigenvalue weighted by molar-refractivity contribution is 6.31. The van der Waals surface area contributed by atoms with Crippen LogP contribution < -0.4 is 5.32 Å². The molecule has 1 aromatic heterocycles. The van der Waals surface area contributed by atoms with Crippen LogP contribution in [-0.4, -0.2) is 41.3 Å². The third-order valence-electron chi connectivity index (χ3n) is 6.03. The van der Waals surface area contributed by atoms with Gasteiger partial charge in [0.2, 0.25) is 11.8 Å². The topological polar surface area (TPSA) is 65.2 Å². The zero-order chi connectivity index (χ0) is 23.8. The molecule has 0 aliphatic heterocycles. The first kappa shape index (κ1) is 24.8. The number of H-pyrrole nitrogens is 1. The average molecular weight is 468 g/mol. The van der Waals surface area contributed by atoms with Crippen LogP contribution >= 0.6 is 11.6 Å². The standard InChI is InChI=1S/C27H34ClN3O2/c1-4-29-26(32)18-31(14-13-22-17-30-25-8-6-5-7-23(22)25)27(33)16-20(3)10-12-21-11-9-19(2)15-24(21)28/h5-9,11,15,17,20,30H,4,10,12-14,16,18H2,1-3H3,(H,29,32). The second-order valence-corrected chi connectivity index (χ2v) is 9.23. The van der Waals surface area contributed by atoms with Crippen molar-refractivity contribution in [3.05, 3.63) is 70.4 Å². The molecule has 2 amide bonds. The van der Waals surface area contributed by atoms with Crippen LogP contribution in [0.2, 0.25) is 5.02 Å². The lowest BCUT2D eigenvalue weighted by molar-refractivity contribution is -0.136. The molecule has 0 spiro atoms. The van der Waals surface area contributed by atoms with E-state index in [9.17, 15) is 9.59 Å². The molecule has 0 saturated heterocycles. The van der Waals surface area contributed by atoms with Gasteiger partial charge in [-0.25, -0.2) is 0 Å². The first-order chi connectivity index (χ1) is 15.9. The minimum Gasteiger partial charge on any atom is -0.361 e. The van der Waals surface area contributed by atoms with Gasteiger partial charge in [0.15, 0.2) is 0 Å². The number of amides is 2. The summed E-state index contributed by atoms with van der Waals surface area (Å²) in [5, 5.41) is 4.75. The Morgan fingerprint density at radius 2 is 1.91 bits per heavy atom. The molecule has 3 rings (SSSR count). The summed E-state index contributed by atoms with van der Waals surface area (Å²) in [6.45, 7) is 7.14. The third-order valence-corrected chi connectivity index (χ3v) is 6.38. The predicted octanol–water partition coefficient (Wildman–Crippen LogP) is 5.30. The molecule has 1 atom stereocenters. The van der Waals surface area contributed by atoms with Crippen LogP contribution in [0.1, 0.15) is 43.4 Å². The molecule has 2 aromatic carbocycles. The molecular formula is C27H34ClN3O2. The van der Waals surface area contributed by atoms with Crippen LogP contribution in [0.25, 0.3) is 10.9 Å². The minimum atomic E-state index is -0.121. The molecule has 6 heteroatoms. The molecule has 33 heavy (non-hydrogen) atoms. The van der Waals surface area contributed by atoms with E-state index in [2.05, 4.69) is 35.4 Å². The number of nitrogens with zero attached hydrogens (tertiary/aromatic N) is 1. The SMILES string of the molecule is CCNC(=O)CN(CCc1c[nH]c2ccccc12)C(=O)CC(C)CCc1ccc(C)cc1Cl. The Hall–Kier alpha value is -2.79. The summed E-state index contributed by atoms with van der Waals surface area (Å²) in [6, 6.07) is 14.2. The van der Waals surface area contributed by atoms with Crippen molar-refractivity contribution in [3.8, 4) is 0 Å². The fourth-order valence-electron chi connectivity index (χ4n) is 4.10. The summed E-state index contributed by atoms with van der Waals surface area (Å²) in [5.74, 6) is 0.0900. The Balaban J connectivity index is 1.61. The van der Waals surface area contributed by atoms with Crippen LogP contribution in [0.5, 0.6) is 0 Å². The highest BCUT2D eigenvalue weighted by Crippen LogP contribution is 2.22. The smallest absolute Gasteiger partial charge is 0.239 e. The number of fused-ring (bicyclic) bond motifs is 1. The van der Waals surface area contributed by atoms with Gasteiger partial charge in [-0.15, -0.1) is 0 Å². The van der Waals surface area contributed by atoms with Crippen molar-refractivity contribution in [2.45, 2.75) is 46.5 Å². The summed E-state index contributed by atoms with van der Waals surface area (Å²) >= 11 is 6.37. The van der Waals surface area contributed by atoms with E-state index in [0.717, 1.165) is 45.5 Å². The van der Waals surface area contributed by atoms with Gasteiger partial charge < -0.3 is 15.2 Å². The molecule has 0 radical (unpaired) electrons. The van der Waals surface area contributed by atoms with Crippen LogP contribution in [0.3, 0.4) is 0 Å². The van der Waals surface area contributed by atoms with Gasteiger partial charge in [-0.2, -0.15) is 0 Å². The predicted molar refractivity (Wildman–Crippen MR) is 136 cm³/mol. The molecular weight excluding hydrogens is 434 g/mol. The number of likely N-dealkylation sites (N-methyl/N-ethyl adjacent to an activating group) is 1. The first-order valence-corrected chi connectivity index (χ1v) is 12.1. The summed E-state index contributed by atoms with van der Waals surface area (Å²) in [6.07, 6.45) is 4.80. The molecule has 1 unspecified atom stereocenters. The van der Waals surface area contributed by atoms with Gasteiger partial charge in [-0.1, -0.05) is 48.9 Å². The Morgan fingerprint density at radius 1 is 1.12 bits per heavy atom. The fourth-order valence-corrected chi connectivity index (χ4v) is 4.43. The molecule has 3 aromatic rings. The summed E-state index contributed by atoms with van der Waals surface area (Å²) in [5.41, 5.74) is 4.49. The number of nitrogens with one attached hydrogen (secondary N) is 2. The van der Waals surface area contributed by atoms with Gasteiger partial charge in [0.1, 0.15) is 0 Å². The largest absolute Gasteiger partial charge is 0.361 e. The van der Waals surface area contributed by atoms with Crippen molar-refractivity contribution in [1.82, 2.24) is 15.2 Å². The van der Waals surface area contributed by atoms with Crippen molar-refractivity contribution >= 4 is 34.3 Å². The highest BCUT2D eigenvalue weighted by Gasteiger charge is 2.20. The number of hydrogen-bond donors (Lipinski definition) is 2. The maximum atomic E-state index is 13.2. The van der Waals surface area contributed by atoms with Gasteiger partial charge >= 0.3 is 0 Å². The molecule has 5 nitrogen and oxygen atoms in total. The van der Waals surface area contributed by atoms with Crippen LogP contribution in [-0.2, 0) is 22.4 Å². The zero-order valence-electron chi connectivity index (χ0n) is 19.8. The second-order valence-electron chi connectivity index (χ2n) is 8.82. The summed E-state index contributed by atoms with van der Waals surface area (Å²) in [4.78, 5) is 30.4. The van der Waals surface area contributed by atoms with Crippen LogP contribution in [0.15, 0.2) is 48.7 Å². The molecule has 1 heterocycles. The number of aromatic amines is 1. The number of hydrogen-bond acceptors (Lipinski definition) is 2. The summed E-state index contributed by atoms with van der Waals surface area (Å²) < 4.78 is 0. The van der Waals surface area contributed by atoms with Crippen molar-refractivity contribution in [2.75, 3.05) is 19.6 Å². The monoisotopic (exact) mass is 467 g/mol. The van der Waals surface area contributed by atoms with Crippen molar-refractivity contribution in [2.24, 2.45) is 5.92 Å². The van der Waals surface area contributed by atoms with Crippen molar-refractivity contribution < 1.29 is 9.59 Å². The normalized spacial score (nSPS) is 12.0. The lowest BCUT2D eigenvalue weighted by Crippen LogP contribution is -2.42. The van der Waals surface area contributed by atoms with Gasteiger partial charge in [0.25, 0.3) is 0 Å². The van der Waals surface area contributed by atoms with Crippen LogP contribution in [0, 0.1) is 12.8 Å². The van der Waals surface area contributed by atoms with Crippen molar-refractivity contribution in [1.29, 1.82) is 0 Å². The Labute approximate surface area is 201 Å². The van der Waals surface area contributed by atoms with E-state index < -0.39 is 0 Å². The number of rotatable bonds is 11. The Kier molecular flexibility index (Phi) is 8.95. The number of aromatic nitrogens is 1. The highest BCUT2D eigenvalue weighted by atomic mass is 35.5. The van der Waals surface area contributed by atoms with Gasteiger partial charge in [-0.3, -0.25) is 9.59 Å². The lowest BCUT2D eigenvalue weighted by Gasteiger charge is -2.24. The second kappa shape index (κ2) is 11.9. The molecule has 2 N–H and O–H groups in total. The molecule has 176 valence electrons. The quantitative estimate of drug-likeness (QED) is 0.402. The number of benzene rings is 2. The number of aryl methyl sites for hydroxylation is 2. The van der Waals surface area contributed by atoms with Gasteiger partial charge in [-0.05, 0) is 67.9 Å². The molecule has 0 saturated carbocycles. The first-order valence-electron chi connectivity index (χ1n) is 11.7. The van der Waals surface area contributed by atoms with Gasteiger partial charge in [0, 0.05) is 41.6 Å². The third kappa shape index (κ3) is 7.10. The van der Waals surface area contributed by atoms with Gasteiger partial charge in [0.05, 0.1) is 6.54 Å². The number of para-hydroxylation sites is 1. The van der Waals surface area contributed by atoms with Crippen molar-refractivity contribution in [3.63, 3.8) is 0 Å². The molecule has 0 aliphatic carbocycles. The van der Waals surface area contributed by atoms with E-state index in [1.54, 1.807) is 4.90 Å². The summed E-state index contributed by atoms with van der Waals surface area (Å²) in [7, 11) is 0. The fraction of sp³-hybridized carbons (Fsp3) is 0.407. The van der Waals surface area contributed by atoms with E-state index in [4.69, 9.17) is 11.6 Å². The minimum absolute atomic E-state index is 0.0172. The maximum absolute atomic E-state index is 13.2. The number of carbonyl (C=O) groups excluding carboxylic acids is 2. The molecule has 0 fully saturated rings.